The van der Waals surface area contributed by atoms with Gasteiger partial charge in [-0.15, -0.1) is 0 Å². The second-order valence-corrected chi connectivity index (χ2v) is 5.44. The summed E-state index contributed by atoms with van der Waals surface area (Å²) in [5, 5.41) is 4.40. The van der Waals surface area contributed by atoms with E-state index < -0.39 is 0 Å². The van der Waals surface area contributed by atoms with Gasteiger partial charge >= 0.3 is 0 Å². The zero-order chi connectivity index (χ0) is 15.0. The molecule has 0 radical (unpaired) electrons. The molecular formula is C14H11BrN4O2. The van der Waals surface area contributed by atoms with Gasteiger partial charge in [0.1, 0.15) is 11.7 Å². The van der Waals surface area contributed by atoms with Crippen LogP contribution in [0.15, 0.2) is 46.1 Å². The smallest absolute Gasteiger partial charge is 0.264 e. The lowest BCUT2D eigenvalue weighted by Gasteiger charge is -2.06. The zero-order valence-electron chi connectivity index (χ0n) is 11.2. The summed E-state index contributed by atoms with van der Waals surface area (Å²) in [7, 11) is 1.71. The third kappa shape index (κ3) is 2.40. The molecule has 106 valence electrons. The fourth-order valence-electron chi connectivity index (χ4n) is 2.11. The first-order valence-electron chi connectivity index (χ1n) is 6.23. The Morgan fingerprint density at radius 2 is 2.10 bits per heavy atom. The van der Waals surface area contributed by atoms with Gasteiger partial charge in [0.25, 0.3) is 5.56 Å². The van der Waals surface area contributed by atoms with Gasteiger partial charge in [-0.2, -0.15) is 5.10 Å². The van der Waals surface area contributed by atoms with Crippen LogP contribution in [-0.2, 0) is 13.6 Å². The highest BCUT2D eigenvalue weighted by molar-refractivity contribution is 9.10. The molecule has 0 aliphatic rings. The number of hydrogen-bond donors (Lipinski definition) is 0. The van der Waals surface area contributed by atoms with Crippen molar-refractivity contribution in [1.29, 1.82) is 0 Å². The topological polar surface area (TPSA) is 69.8 Å². The van der Waals surface area contributed by atoms with Gasteiger partial charge in [-0.3, -0.25) is 18.8 Å². The molecule has 21 heavy (non-hydrogen) atoms. The van der Waals surface area contributed by atoms with Gasteiger partial charge in [0.15, 0.2) is 11.4 Å². The average Bonchev–Trinajstić information content (AvgIpc) is 2.84. The van der Waals surface area contributed by atoms with Gasteiger partial charge in [-0.05, 0) is 6.07 Å². The molecule has 2 heterocycles. The molecule has 0 unspecified atom stereocenters. The summed E-state index contributed by atoms with van der Waals surface area (Å²) in [5.74, 6) is -0.158. The van der Waals surface area contributed by atoms with Crippen molar-refractivity contribution in [2.75, 3.05) is 0 Å². The van der Waals surface area contributed by atoms with Crippen molar-refractivity contribution in [3.05, 3.63) is 57.2 Å². The lowest BCUT2D eigenvalue weighted by atomic mass is 10.1. The Bertz CT molecular complexity index is 897. The van der Waals surface area contributed by atoms with E-state index in [2.05, 4.69) is 26.0 Å². The maximum Gasteiger partial charge on any atom is 0.264 e. The zero-order valence-corrected chi connectivity index (χ0v) is 12.7. The molecule has 0 N–H and O–H groups in total. The minimum Gasteiger partial charge on any atom is -0.292 e. The van der Waals surface area contributed by atoms with Crippen LogP contribution >= 0.6 is 15.9 Å². The lowest BCUT2D eigenvalue weighted by Crippen LogP contribution is -2.24. The number of benzene rings is 1. The average molecular weight is 347 g/mol. The van der Waals surface area contributed by atoms with Crippen molar-refractivity contribution in [3.8, 4) is 0 Å². The summed E-state index contributed by atoms with van der Waals surface area (Å²) in [4.78, 5) is 28.8. The number of nitrogens with zero attached hydrogens (tertiary/aromatic N) is 4. The van der Waals surface area contributed by atoms with Crippen molar-refractivity contribution >= 4 is 32.7 Å². The van der Waals surface area contributed by atoms with Crippen LogP contribution in [0.3, 0.4) is 0 Å². The molecule has 2 aromatic heterocycles. The van der Waals surface area contributed by atoms with E-state index in [1.54, 1.807) is 25.2 Å². The summed E-state index contributed by atoms with van der Waals surface area (Å²) in [5.41, 5.74) is 0.772. The van der Waals surface area contributed by atoms with E-state index in [4.69, 9.17) is 0 Å². The predicted octanol–water partition coefficient (Wildman–Crippen LogP) is 1.78. The molecule has 6 nitrogen and oxygen atoms in total. The minimum absolute atomic E-state index is 0.0563. The van der Waals surface area contributed by atoms with Crippen molar-refractivity contribution in [1.82, 2.24) is 19.3 Å². The molecule has 0 aliphatic heterocycles. The molecule has 0 bridgehead atoms. The van der Waals surface area contributed by atoms with Crippen molar-refractivity contribution in [3.63, 3.8) is 0 Å². The van der Waals surface area contributed by atoms with Gasteiger partial charge in [0, 0.05) is 17.1 Å². The molecule has 0 atom stereocenters. The first kappa shape index (κ1) is 13.7. The van der Waals surface area contributed by atoms with Crippen LogP contribution in [0.1, 0.15) is 10.4 Å². The van der Waals surface area contributed by atoms with Crippen LogP contribution in [0.4, 0.5) is 0 Å². The van der Waals surface area contributed by atoms with Crippen LogP contribution in [0.25, 0.3) is 11.0 Å². The second kappa shape index (κ2) is 5.25. The highest BCUT2D eigenvalue weighted by Crippen LogP contribution is 2.16. The molecule has 0 saturated carbocycles. The van der Waals surface area contributed by atoms with E-state index in [0.29, 0.717) is 21.1 Å². The van der Waals surface area contributed by atoms with Crippen molar-refractivity contribution in [2.24, 2.45) is 7.05 Å². The monoisotopic (exact) mass is 346 g/mol. The molecule has 3 rings (SSSR count). The van der Waals surface area contributed by atoms with Crippen LogP contribution in [-0.4, -0.2) is 25.1 Å². The first-order valence-corrected chi connectivity index (χ1v) is 7.02. The number of aromatic nitrogens is 4. The van der Waals surface area contributed by atoms with E-state index in [1.165, 1.54) is 21.8 Å². The first-order chi connectivity index (χ1) is 10.1. The van der Waals surface area contributed by atoms with Crippen LogP contribution in [0.2, 0.25) is 0 Å². The third-order valence-electron chi connectivity index (χ3n) is 3.21. The van der Waals surface area contributed by atoms with Gasteiger partial charge in [-0.1, -0.05) is 34.1 Å². The number of rotatable bonds is 3. The predicted molar refractivity (Wildman–Crippen MR) is 81.2 cm³/mol. The molecule has 0 spiro atoms. The molecule has 0 saturated heterocycles. The lowest BCUT2D eigenvalue weighted by molar-refractivity contribution is 0.0970. The Hall–Kier alpha value is -2.28. The molecule has 1 aromatic carbocycles. The number of hydrogen-bond acceptors (Lipinski definition) is 4. The minimum atomic E-state index is -0.270. The third-order valence-corrected chi connectivity index (χ3v) is 3.90. The number of Topliss-reactive ketones (excluding diaryl/α,β-unsaturated/α-hetero) is 1. The number of fused-ring (bicyclic) bond motifs is 1. The largest absolute Gasteiger partial charge is 0.292 e. The van der Waals surface area contributed by atoms with Gasteiger partial charge in [-0.25, -0.2) is 4.98 Å². The van der Waals surface area contributed by atoms with Gasteiger partial charge in [0.05, 0.1) is 12.7 Å². The summed E-state index contributed by atoms with van der Waals surface area (Å²) in [6.45, 7) is -0.0563. The molecule has 7 heteroatoms. The Morgan fingerprint density at radius 3 is 2.86 bits per heavy atom. The van der Waals surface area contributed by atoms with E-state index in [0.717, 1.165) is 0 Å². The molecule has 0 aliphatic carbocycles. The van der Waals surface area contributed by atoms with Crippen molar-refractivity contribution < 1.29 is 4.79 Å². The number of carbonyl (C=O) groups excluding carboxylic acids is 1. The fraction of sp³-hybridized carbons (Fsp3) is 0.143. The Kier molecular flexibility index (Phi) is 3.42. The van der Waals surface area contributed by atoms with Gasteiger partial charge in [0.2, 0.25) is 0 Å². The Labute approximate surface area is 128 Å². The normalized spacial score (nSPS) is 11.0. The maximum atomic E-state index is 12.3. The van der Waals surface area contributed by atoms with Crippen LogP contribution < -0.4 is 5.56 Å². The Morgan fingerprint density at radius 1 is 1.33 bits per heavy atom. The summed E-state index contributed by atoms with van der Waals surface area (Å²) in [6.07, 6.45) is 2.84. The van der Waals surface area contributed by atoms with E-state index >= 15 is 0 Å². The number of carbonyl (C=O) groups is 1. The molecule has 3 aromatic rings. The molecule has 0 fully saturated rings. The standard InChI is InChI=1S/C14H11BrN4O2/c1-18-13-10(6-17-18)14(21)19(8-16-13)7-12(20)9-4-2-3-5-11(9)15/h2-6,8H,7H2,1H3. The SMILES string of the molecule is Cn1ncc2c(=O)n(CC(=O)c3ccccc3Br)cnc21. The number of ketones is 1. The maximum absolute atomic E-state index is 12.3. The quantitative estimate of drug-likeness (QED) is 0.677. The van der Waals surface area contributed by atoms with E-state index in [9.17, 15) is 9.59 Å². The van der Waals surface area contributed by atoms with Crippen LogP contribution in [0.5, 0.6) is 0 Å². The molecular weight excluding hydrogens is 336 g/mol. The van der Waals surface area contributed by atoms with Gasteiger partial charge < -0.3 is 0 Å². The second-order valence-electron chi connectivity index (χ2n) is 4.59. The highest BCUT2D eigenvalue weighted by Gasteiger charge is 2.13. The summed E-state index contributed by atoms with van der Waals surface area (Å²) < 4.78 is 3.53. The fourth-order valence-corrected chi connectivity index (χ4v) is 2.61. The van der Waals surface area contributed by atoms with Crippen LogP contribution in [0, 0.1) is 0 Å². The van der Waals surface area contributed by atoms with Crippen molar-refractivity contribution in [2.45, 2.75) is 6.54 Å². The Balaban J connectivity index is 1.99. The van der Waals surface area contributed by atoms with E-state index in [1.807, 2.05) is 6.07 Å². The number of aryl methyl sites for hydroxylation is 1. The molecule has 0 amide bonds. The van der Waals surface area contributed by atoms with E-state index in [-0.39, 0.29) is 17.9 Å². The summed E-state index contributed by atoms with van der Waals surface area (Å²) >= 11 is 3.33. The summed E-state index contributed by atoms with van der Waals surface area (Å²) in [6, 6.07) is 7.12. The number of halogens is 1. The highest BCUT2D eigenvalue weighted by atomic mass is 79.9.